The van der Waals surface area contributed by atoms with E-state index in [9.17, 15) is 19.8 Å². The van der Waals surface area contributed by atoms with Gasteiger partial charge in [0.1, 0.15) is 0 Å². The molecule has 0 unspecified atom stereocenters. The second-order valence-corrected chi connectivity index (χ2v) is 4.20. The first kappa shape index (κ1) is 12.5. The van der Waals surface area contributed by atoms with Gasteiger partial charge in [0.05, 0.1) is 23.3 Å². The molecular weight excluding hydrogens is 238 g/mol. The zero-order chi connectivity index (χ0) is 13.3. The molecule has 0 aromatic heterocycles. The predicted octanol–water partition coefficient (Wildman–Crippen LogP) is -0.438. The lowest BCUT2D eigenvalue weighted by Gasteiger charge is -2.16. The van der Waals surface area contributed by atoms with Crippen molar-refractivity contribution >= 4 is 11.9 Å². The van der Waals surface area contributed by atoms with E-state index in [1.807, 2.05) is 0 Å². The molecule has 2 atom stereocenters. The van der Waals surface area contributed by atoms with Gasteiger partial charge in [-0.3, -0.25) is 4.79 Å². The molecular formula is C12H13NO5. The number of β-amino-alcohol motifs (C(OH)–C–C–N with tert-alkyl or cyclic N) is 2. The summed E-state index contributed by atoms with van der Waals surface area (Å²) in [6.45, 7) is 0.0158. The van der Waals surface area contributed by atoms with Crippen LogP contribution in [0, 0.1) is 0 Å². The highest BCUT2D eigenvalue weighted by Crippen LogP contribution is 2.17. The maximum Gasteiger partial charge on any atom is 0.336 e. The smallest absolute Gasteiger partial charge is 0.336 e. The molecule has 1 aromatic rings. The van der Waals surface area contributed by atoms with Crippen molar-refractivity contribution in [2.75, 3.05) is 13.1 Å². The number of carboxylic acid groups (broad SMARTS) is 1. The first-order valence-electron chi connectivity index (χ1n) is 5.48. The monoisotopic (exact) mass is 251 g/mol. The van der Waals surface area contributed by atoms with Gasteiger partial charge in [0.25, 0.3) is 5.91 Å². The molecule has 6 heteroatoms. The van der Waals surface area contributed by atoms with Gasteiger partial charge in [0.2, 0.25) is 0 Å². The number of nitrogens with zero attached hydrogens (tertiary/aromatic N) is 1. The average Bonchev–Trinajstić information content (AvgIpc) is 2.68. The molecule has 1 amide bonds. The van der Waals surface area contributed by atoms with Crippen molar-refractivity contribution in [3.8, 4) is 0 Å². The Morgan fingerprint density at radius 2 is 1.56 bits per heavy atom. The number of benzene rings is 1. The van der Waals surface area contributed by atoms with Crippen LogP contribution in [0.15, 0.2) is 24.3 Å². The van der Waals surface area contributed by atoms with Crippen molar-refractivity contribution in [2.45, 2.75) is 12.2 Å². The molecule has 1 aliphatic heterocycles. The number of aliphatic hydroxyl groups is 2. The third-order valence-electron chi connectivity index (χ3n) is 2.93. The molecule has 6 nitrogen and oxygen atoms in total. The summed E-state index contributed by atoms with van der Waals surface area (Å²) in [5, 5.41) is 27.8. The van der Waals surface area contributed by atoms with Gasteiger partial charge in [-0.15, -0.1) is 0 Å². The van der Waals surface area contributed by atoms with Crippen molar-refractivity contribution < 1.29 is 24.9 Å². The number of aliphatic hydroxyl groups excluding tert-OH is 2. The predicted molar refractivity (Wildman–Crippen MR) is 61.3 cm³/mol. The molecule has 96 valence electrons. The zero-order valence-corrected chi connectivity index (χ0v) is 9.48. The second kappa shape index (κ2) is 4.75. The van der Waals surface area contributed by atoms with E-state index in [1.165, 1.54) is 23.1 Å². The Bertz CT molecular complexity index is 477. The minimum atomic E-state index is -1.18. The van der Waals surface area contributed by atoms with Crippen LogP contribution < -0.4 is 0 Å². The Balaban J connectivity index is 2.27. The lowest BCUT2D eigenvalue weighted by atomic mass is 10.1. The highest BCUT2D eigenvalue weighted by Gasteiger charge is 2.34. The van der Waals surface area contributed by atoms with Crippen LogP contribution >= 0.6 is 0 Å². The van der Waals surface area contributed by atoms with Crippen LogP contribution in [0.25, 0.3) is 0 Å². The van der Waals surface area contributed by atoms with Crippen LogP contribution in [-0.4, -0.2) is 57.4 Å². The molecule has 0 saturated carbocycles. The molecule has 1 heterocycles. The molecule has 18 heavy (non-hydrogen) atoms. The van der Waals surface area contributed by atoms with Gasteiger partial charge in [-0.1, -0.05) is 12.1 Å². The SMILES string of the molecule is O=C(O)c1ccccc1C(=O)N1C[C@@H](O)[C@@H](O)C1. The maximum atomic E-state index is 12.1. The number of carboxylic acids is 1. The summed E-state index contributed by atoms with van der Waals surface area (Å²) >= 11 is 0. The van der Waals surface area contributed by atoms with E-state index >= 15 is 0 Å². The van der Waals surface area contributed by atoms with Gasteiger partial charge in [0.15, 0.2) is 0 Å². The number of carbonyl (C=O) groups is 2. The first-order valence-corrected chi connectivity index (χ1v) is 5.48. The molecule has 0 spiro atoms. The van der Waals surface area contributed by atoms with Gasteiger partial charge < -0.3 is 20.2 Å². The number of likely N-dealkylation sites (tertiary alicyclic amines) is 1. The van der Waals surface area contributed by atoms with Gasteiger partial charge in [-0.05, 0) is 12.1 Å². The number of carbonyl (C=O) groups excluding carboxylic acids is 1. The summed E-state index contributed by atoms with van der Waals surface area (Å²) in [5.41, 5.74) is -0.0234. The minimum absolute atomic E-state index is 0.00789. The fourth-order valence-corrected chi connectivity index (χ4v) is 1.96. The minimum Gasteiger partial charge on any atom is -0.478 e. The number of aromatic carboxylic acids is 1. The lowest BCUT2D eigenvalue weighted by molar-refractivity contribution is 0.0572. The van der Waals surface area contributed by atoms with Crippen LogP contribution in [0.5, 0.6) is 0 Å². The first-order chi connectivity index (χ1) is 8.50. The van der Waals surface area contributed by atoms with E-state index in [4.69, 9.17) is 5.11 Å². The number of hydrogen-bond donors (Lipinski definition) is 3. The molecule has 1 aromatic carbocycles. The standard InChI is InChI=1S/C12H13NO5/c14-9-5-13(6-10(9)15)11(16)7-3-1-2-4-8(7)12(17)18/h1-4,9-10,14-15H,5-6H2,(H,17,18)/t9-,10+. The summed E-state index contributed by atoms with van der Waals surface area (Å²) in [6.07, 6.45) is -1.96. The highest BCUT2D eigenvalue weighted by atomic mass is 16.4. The zero-order valence-electron chi connectivity index (χ0n) is 9.48. The van der Waals surface area contributed by atoms with Crippen molar-refractivity contribution in [1.29, 1.82) is 0 Å². The van der Waals surface area contributed by atoms with Crippen LogP contribution in [-0.2, 0) is 0 Å². The Hall–Kier alpha value is -1.92. The van der Waals surface area contributed by atoms with E-state index in [2.05, 4.69) is 0 Å². The van der Waals surface area contributed by atoms with E-state index < -0.39 is 24.1 Å². The molecule has 1 aliphatic rings. The molecule has 0 bridgehead atoms. The normalized spacial score (nSPS) is 23.1. The van der Waals surface area contributed by atoms with E-state index in [0.29, 0.717) is 0 Å². The molecule has 3 N–H and O–H groups in total. The van der Waals surface area contributed by atoms with Crippen LogP contribution in [0.3, 0.4) is 0 Å². The Morgan fingerprint density at radius 3 is 2.06 bits per heavy atom. The van der Waals surface area contributed by atoms with Gasteiger partial charge in [-0.25, -0.2) is 4.79 Å². The van der Waals surface area contributed by atoms with Crippen LogP contribution in [0.4, 0.5) is 0 Å². The fourth-order valence-electron chi connectivity index (χ4n) is 1.96. The largest absolute Gasteiger partial charge is 0.478 e. The maximum absolute atomic E-state index is 12.1. The number of amides is 1. The summed E-state index contributed by atoms with van der Waals surface area (Å²) in [4.78, 5) is 24.4. The Morgan fingerprint density at radius 1 is 1.06 bits per heavy atom. The molecule has 1 saturated heterocycles. The van der Waals surface area contributed by atoms with Crippen LogP contribution in [0.2, 0.25) is 0 Å². The summed E-state index contributed by atoms with van der Waals surface area (Å²) in [5.74, 6) is -1.68. The van der Waals surface area contributed by atoms with E-state index in [1.54, 1.807) is 6.07 Å². The molecule has 1 fully saturated rings. The van der Waals surface area contributed by atoms with Gasteiger partial charge >= 0.3 is 5.97 Å². The molecule has 0 radical (unpaired) electrons. The van der Waals surface area contributed by atoms with Crippen molar-refractivity contribution in [2.24, 2.45) is 0 Å². The Kier molecular flexibility index (Phi) is 3.31. The van der Waals surface area contributed by atoms with Gasteiger partial charge in [-0.2, -0.15) is 0 Å². The van der Waals surface area contributed by atoms with E-state index in [-0.39, 0.29) is 24.2 Å². The summed E-state index contributed by atoms with van der Waals surface area (Å²) in [6, 6.07) is 5.87. The van der Waals surface area contributed by atoms with Gasteiger partial charge in [0, 0.05) is 13.1 Å². The average molecular weight is 251 g/mol. The highest BCUT2D eigenvalue weighted by molar-refractivity contribution is 6.04. The van der Waals surface area contributed by atoms with Crippen molar-refractivity contribution in [1.82, 2.24) is 4.90 Å². The summed E-state index contributed by atoms with van der Waals surface area (Å²) in [7, 11) is 0. The number of rotatable bonds is 2. The van der Waals surface area contributed by atoms with Crippen molar-refractivity contribution in [3.05, 3.63) is 35.4 Å². The third kappa shape index (κ3) is 2.20. The topological polar surface area (TPSA) is 98.1 Å². The fraction of sp³-hybridized carbons (Fsp3) is 0.333. The van der Waals surface area contributed by atoms with Crippen molar-refractivity contribution in [3.63, 3.8) is 0 Å². The summed E-state index contributed by atoms with van der Waals surface area (Å²) < 4.78 is 0. The molecule has 0 aliphatic carbocycles. The second-order valence-electron chi connectivity index (χ2n) is 4.20. The Labute approximate surface area is 103 Å². The van der Waals surface area contributed by atoms with E-state index in [0.717, 1.165) is 0 Å². The third-order valence-corrected chi connectivity index (χ3v) is 2.93. The van der Waals surface area contributed by atoms with Crippen LogP contribution in [0.1, 0.15) is 20.7 Å². The molecule has 2 rings (SSSR count). The quantitative estimate of drug-likeness (QED) is 0.662. The lowest BCUT2D eigenvalue weighted by Crippen LogP contribution is -2.31. The number of hydrogen-bond acceptors (Lipinski definition) is 4.